The number of nitrogens with zero attached hydrogens (tertiary/aromatic N) is 3. The van der Waals surface area contributed by atoms with E-state index in [0.29, 0.717) is 20.6 Å². The van der Waals surface area contributed by atoms with Crippen LogP contribution in [-0.2, 0) is 0 Å². The Morgan fingerprint density at radius 3 is 2.68 bits per heavy atom. The molecule has 0 saturated carbocycles. The number of carboxylic acids is 1. The van der Waals surface area contributed by atoms with Crippen LogP contribution in [-0.4, -0.2) is 28.4 Å². The highest BCUT2D eigenvalue weighted by Crippen LogP contribution is 2.33. The summed E-state index contributed by atoms with van der Waals surface area (Å²) in [5, 5.41) is 25.9. The molecule has 7 nitrogen and oxygen atoms in total. The zero-order chi connectivity index (χ0) is 16.3. The standard InChI is InChI=1S/C14H10IN3O4/c1-7-11(14(19)20)13(18-17-12(7)15)22-9-4-3-8(6-16)5-10(9)21-2/h3-5H,1-2H3,(H,19,20). The summed E-state index contributed by atoms with van der Waals surface area (Å²) in [7, 11) is 1.42. The largest absolute Gasteiger partial charge is 0.493 e. The molecule has 2 rings (SSSR count). The summed E-state index contributed by atoms with van der Waals surface area (Å²) < 4.78 is 11.2. The maximum absolute atomic E-state index is 11.4. The van der Waals surface area contributed by atoms with Gasteiger partial charge in [0.2, 0.25) is 0 Å². The maximum Gasteiger partial charge on any atom is 0.341 e. The van der Waals surface area contributed by atoms with E-state index in [-0.39, 0.29) is 17.2 Å². The van der Waals surface area contributed by atoms with Crippen molar-refractivity contribution in [1.29, 1.82) is 5.26 Å². The first kappa shape index (κ1) is 16.0. The van der Waals surface area contributed by atoms with Crippen molar-refractivity contribution in [3.63, 3.8) is 0 Å². The van der Waals surface area contributed by atoms with Crippen molar-refractivity contribution in [2.45, 2.75) is 6.92 Å². The molecular weight excluding hydrogens is 401 g/mol. The van der Waals surface area contributed by atoms with Crippen LogP contribution in [0, 0.1) is 22.0 Å². The molecule has 0 amide bonds. The van der Waals surface area contributed by atoms with Gasteiger partial charge in [-0.1, -0.05) is 0 Å². The number of aromatic nitrogens is 2. The Hall–Kier alpha value is -2.41. The van der Waals surface area contributed by atoms with Crippen LogP contribution in [0.1, 0.15) is 21.5 Å². The molecule has 0 spiro atoms. The Morgan fingerprint density at radius 1 is 1.36 bits per heavy atom. The van der Waals surface area contributed by atoms with Crippen molar-refractivity contribution in [3.8, 4) is 23.4 Å². The molecule has 1 N–H and O–H groups in total. The van der Waals surface area contributed by atoms with Crippen LogP contribution in [0.15, 0.2) is 18.2 Å². The molecule has 0 aliphatic rings. The lowest BCUT2D eigenvalue weighted by molar-refractivity contribution is 0.0692. The van der Waals surface area contributed by atoms with E-state index >= 15 is 0 Å². The molecule has 0 saturated heterocycles. The quantitative estimate of drug-likeness (QED) is 0.772. The summed E-state index contributed by atoms with van der Waals surface area (Å²) in [4.78, 5) is 11.4. The van der Waals surface area contributed by atoms with Gasteiger partial charge in [0.25, 0.3) is 5.88 Å². The molecular formula is C14H10IN3O4. The van der Waals surface area contributed by atoms with Gasteiger partial charge in [0.05, 0.1) is 18.7 Å². The Labute approximate surface area is 139 Å². The second kappa shape index (κ2) is 6.57. The van der Waals surface area contributed by atoms with Crippen molar-refractivity contribution >= 4 is 28.6 Å². The van der Waals surface area contributed by atoms with Gasteiger partial charge in [-0.05, 0) is 41.6 Å². The molecule has 112 valence electrons. The summed E-state index contributed by atoms with van der Waals surface area (Å²) in [6.07, 6.45) is 0. The number of benzene rings is 1. The molecule has 0 aliphatic carbocycles. The molecule has 8 heteroatoms. The van der Waals surface area contributed by atoms with Crippen molar-refractivity contribution in [3.05, 3.63) is 38.6 Å². The minimum absolute atomic E-state index is 0.0641. The highest BCUT2D eigenvalue weighted by Gasteiger charge is 2.21. The van der Waals surface area contributed by atoms with Gasteiger partial charge >= 0.3 is 5.97 Å². The lowest BCUT2D eigenvalue weighted by Crippen LogP contribution is -2.08. The summed E-state index contributed by atoms with van der Waals surface area (Å²) in [5.41, 5.74) is 0.795. The maximum atomic E-state index is 11.4. The van der Waals surface area contributed by atoms with Crippen molar-refractivity contribution in [2.24, 2.45) is 0 Å². The molecule has 1 aromatic heterocycles. The van der Waals surface area contributed by atoms with Crippen molar-refractivity contribution in [1.82, 2.24) is 10.2 Å². The summed E-state index contributed by atoms with van der Waals surface area (Å²) in [6.45, 7) is 1.63. The Morgan fingerprint density at radius 2 is 2.09 bits per heavy atom. The lowest BCUT2D eigenvalue weighted by atomic mass is 10.2. The van der Waals surface area contributed by atoms with Crippen LogP contribution in [0.3, 0.4) is 0 Å². The smallest absolute Gasteiger partial charge is 0.341 e. The molecule has 2 aromatic rings. The summed E-state index contributed by atoms with van der Waals surface area (Å²) in [6, 6.07) is 6.51. The number of hydrogen-bond acceptors (Lipinski definition) is 6. The molecule has 0 aliphatic heterocycles. The second-order valence-electron chi connectivity index (χ2n) is 4.18. The van der Waals surface area contributed by atoms with Crippen LogP contribution >= 0.6 is 22.6 Å². The predicted molar refractivity (Wildman–Crippen MR) is 84.2 cm³/mol. The average molecular weight is 411 g/mol. The first-order chi connectivity index (χ1) is 10.5. The number of ether oxygens (including phenoxy) is 2. The number of carbonyl (C=O) groups is 1. The van der Waals surface area contributed by atoms with E-state index in [2.05, 4.69) is 10.2 Å². The second-order valence-corrected chi connectivity index (χ2v) is 5.20. The fourth-order valence-corrected chi connectivity index (χ4v) is 2.10. The van der Waals surface area contributed by atoms with Crippen LogP contribution in [0.2, 0.25) is 0 Å². The number of hydrogen-bond donors (Lipinski definition) is 1. The first-order valence-corrected chi connectivity index (χ1v) is 7.07. The highest BCUT2D eigenvalue weighted by atomic mass is 127. The number of methoxy groups -OCH3 is 1. The van der Waals surface area contributed by atoms with Crippen LogP contribution in [0.4, 0.5) is 0 Å². The van der Waals surface area contributed by atoms with E-state index in [4.69, 9.17) is 14.7 Å². The van der Waals surface area contributed by atoms with Gasteiger partial charge in [0.15, 0.2) is 11.5 Å². The normalized spacial score (nSPS) is 9.91. The monoisotopic (exact) mass is 411 g/mol. The van der Waals surface area contributed by atoms with Crippen LogP contribution in [0.5, 0.6) is 17.4 Å². The zero-order valence-electron chi connectivity index (χ0n) is 11.6. The van der Waals surface area contributed by atoms with Crippen LogP contribution < -0.4 is 9.47 Å². The summed E-state index contributed by atoms with van der Waals surface area (Å²) in [5.74, 6) is -0.742. The molecule has 22 heavy (non-hydrogen) atoms. The lowest BCUT2D eigenvalue weighted by Gasteiger charge is -2.12. The highest BCUT2D eigenvalue weighted by molar-refractivity contribution is 14.1. The predicted octanol–water partition coefficient (Wildman–Crippen LogP) is 2.76. The third-order valence-corrected chi connectivity index (χ3v) is 3.86. The van der Waals surface area contributed by atoms with Gasteiger partial charge in [-0.25, -0.2) is 4.79 Å². The Kier molecular flexibility index (Phi) is 4.77. The van der Waals surface area contributed by atoms with Crippen molar-refractivity contribution < 1.29 is 19.4 Å². The number of aromatic carboxylic acids is 1. The topological polar surface area (TPSA) is 105 Å². The molecule has 0 atom stereocenters. The number of carboxylic acid groups (broad SMARTS) is 1. The van der Waals surface area contributed by atoms with E-state index in [1.807, 2.05) is 28.7 Å². The fraction of sp³-hybridized carbons (Fsp3) is 0.143. The molecule has 1 heterocycles. The van der Waals surface area contributed by atoms with Crippen LogP contribution in [0.25, 0.3) is 0 Å². The minimum Gasteiger partial charge on any atom is -0.493 e. The fourth-order valence-electron chi connectivity index (χ4n) is 1.73. The molecule has 1 aromatic carbocycles. The average Bonchev–Trinajstić information content (AvgIpc) is 2.51. The van der Waals surface area contributed by atoms with E-state index in [1.165, 1.54) is 25.3 Å². The molecule has 0 bridgehead atoms. The van der Waals surface area contributed by atoms with E-state index in [9.17, 15) is 9.90 Å². The Balaban J connectivity index is 2.50. The van der Waals surface area contributed by atoms with Gasteiger partial charge < -0.3 is 14.6 Å². The van der Waals surface area contributed by atoms with Crippen molar-refractivity contribution in [2.75, 3.05) is 7.11 Å². The molecule has 0 radical (unpaired) electrons. The van der Waals surface area contributed by atoms with E-state index in [0.717, 1.165) is 0 Å². The first-order valence-electron chi connectivity index (χ1n) is 6.00. The van der Waals surface area contributed by atoms with Gasteiger partial charge in [-0.2, -0.15) is 5.26 Å². The molecule has 0 fully saturated rings. The third kappa shape index (κ3) is 3.09. The van der Waals surface area contributed by atoms with Gasteiger partial charge in [0.1, 0.15) is 9.26 Å². The molecule has 0 unspecified atom stereocenters. The van der Waals surface area contributed by atoms with Gasteiger partial charge in [0, 0.05) is 11.6 Å². The van der Waals surface area contributed by atoms with E-state index in [1.54, 1.807) is 6.92 Å². The number of halogens is 1. The van der Waals surface area contributed by atoms with E-state index < -0.39 is 5.97 Å². The minimum atomic E-state index is -1.16. The summed E-state index contributed by atoms with van der Waals surface area (Å²) >= 11 is 1.90. The SMILES string of the molecule is COc1cc(C#N)ccc1Oc1nnc(I)c(C)c1C(=O)O. The number of rotatable bonds is 4. The third-order valence-electron chi connectivity index (χ3n) is 2.84. The number of nitriles is 1. The van der Waals surface area contributed by atoms with Gasteiger partial charge in [-0.3, -0.25) is 0 Å². The van der Waals surface area contributed by atoms with Gasteiger partial charge in [-0.15, -0.1) is 10.2 Å². The Bertz CT molecular complexity index is 786. The zero-order valence-corrected chi connectivity index (χ0v) is 13.8.